The maximum Gasteiger partial charge on any atom is 0.346 e. The van der Waals surface area contributed by atoms with Crippen molar-refractivity contribution >= 4 is 52.7 Å². The molecule has 0 spiro atoms. The molecule has 45 heavy (non-hydrogen) atoms. The molecule has 0 bridgehead atoms. The van der Waals surface area contributed by atoms with E-state index >= 15 is 0 Å². The smallest absolute Gasteiger partial charge is 0.346 e. The van der Waals surface area contributed by atoms with Crippen molar-refractivity contribution in [2.24, 2.45) is 5.92 Å². The Bertz CT molecular complexity index is 1600. The number of halogens is 2. The number of nitrogens with one attached hydrogen (secondary N) is 4. The van der Waals surface area contributed by atoms with Crippen LogP contribution >= 0.6 is 23.2 Å². The zero-order valence-electron chi connectivity index (χ0n) is 24.7. The van der Waals surface area contributed by atoms with Gasteiger partial charge in [-0.1, -0.05) is 73.4 Å². The van der Waals surface area contributed by atoms with Crippen molar-refractivity contribution in [2.75, 3.05) is 18.4 Å². The van der Waals surface area contributed by atoms with E-state index in [9.17, 15) is 29.1 Å². The largest absolute Gasteiger partial charge is 0.480 e. The molecule has 1 aromatic heterocycles. The third-order valence-electron chi connectivity index (χ3n) is 7.64. The monoisotopic (exact) mass is 656 g/mol. The van der Waals surface area contributed by atoms with E-state index in [0.717, 1.165) is 5.56 Å². The molecule has 3 amide bonds. The first-order valence-corrected chi connectivity index (χ1v) is 15.1. The van der Waals surface area contributed by atoms with Gasteiger partial charge in [0.05, 0.1) is 15.6 Å². The summed E-state index contributed by atoms with van der Waals surface area (Å²) in [6, 6.07) is 12.1. The molecule has 4 rings (SSSR count). The van der Waals surface area contributed by atoms with Crippen LogP contribution in [-0.4, -0.2) is 68.3 Å². The van der Waals surface area contributed by atoms with Crippen LogP contribution < -0.4 is 21.6 Å². The summed E-state index contributed by atoms with van der Waals surface area (Å²) in [5.74, 6) is -2.89. The molecule has 0 radical (unpaired) electrons. The number of nitrogens with zero attached hydrogens (tertiary/aromatic N) is 2. The molecule has 2 aromatic carbocycles. The second-order valence-electron chi connectivity index (χ2n) is 11.2. The van der Waals surface area contributed by atoms with E-state index in [2.05, 4.69) is 30.8 Å². The van der Waals surface area contributed by atoms with Crippen LogP contribution in [0.4, 0.5) is 10.6 Å². The van der Waals surface area contributed by atoms with Gasteiger partial charge in [-0.3, -0.25) is 14.5 Å². The molecular weight excluding hydrogens is 623 g/mol. The first kappa shape index (κ1) is 33.6. The third kappa shape index (κ3) is 8.47. The Balaban J connectivity index is 1.48. The molecule has 0 aliphatic carbocycles. The molecule has 5 N–H and O–H groups in total. The van der Waals surface area contributed by atoms with E-state index in [1.54, 1.807) is 19.9 Å². The van der Waals surface area contributed by atoms with Crippen molar-refractivity contribution in [3.05, 3.63) is 91.9 Å². The summed E-state index contributed by atoms with van der Waals surface area (Å²) in [6.07, 6.45) is 1.54. The van der Waals surface area contributed by atoms with Crippen LogP contribution in [0.1, 0.15) is 48.2 Å². The molecule has 1 atom stereocenters. The second-order valence-corrected chi connectivity index (χ2v) is 12.0. The van der Waals surface area contributed by atoms with E-state index in [4.69, 9.17) is 23.2 Å². The predicted octanol–water partition coefficient (Wildman–Crippen LogP) is 3.88. The van der Waals surface area contributed by atoms with Crippen LogP contribution in [0.15, 0.2) is 59.5 Å². The van der Waals surface area contributed by atoms with Crippen LogP contribution in [0.3, 0.4) is 0 Å². The van der Waals surface area contributed by atoms with Gasteiger partial charge in [-0.25, -0.2) is 14.4 Å². The van der Waals surface area contributed by atoms with Gasteiger partial charge in [0, 0.05) is 43.7 Å². The third-order valence-corrected chi connectivity index (χ3v) is 8.27. The first-order chi connectivity index (χ1) is 21.4. The SMILES string of the molecule is CC(C)C(=O)C1(NC(=O)NC(Cc2c[nH]c(=O)nc2NC(=O)c2c(Cl)cccc2Cl)C(=O)O)CCN(Cc2ccccc2)CC1. The number of urea groups is 1. The molecule has 1 fully saturated rings. The number of aromatic amines is 1. The average molecular weight is 658 g/mol. The normalized spacial score (nSPS) is 15.2. The number of aliphatic carboxylic acids is 1. The number of likely N-dealkylation sites (tertiary alicyclic amines) is 1. The summed E-state index contributed by atoms with van der Waals surface area (Å²) in [5, 5.41) is 17.8. The topological polar surface area (TPSA) is 174 Å². The number of piperidine rings is 1. The van der Waals surface area contributed by atoms with Crippen LogP contribution in [0.25, 0.3) is 0 Å². The number of rotatable bonds is 11. The molecule has 1 saturated heterocycles. The van der Waals surface area contributed by atoms with E-state index in [1.165, 1.54) is 18.3 Å². The zero-order valence-corrected chi connectivity index (χ0v) is 26.2. The highest BCUT2D eigenvalue weighted by atomic mass is 35.5. The zero-order chi connectivity index (χ0) is 32.7. The Morgan fingerprint density at radius 2 is 1.67 bits per heavy atom. The molecule has 2 heterocycles. The van der Waals surface area contributed by atoms with Crippen LogP contribution in [-0.2, 0) is 22.6 Å². The summed E-state index contributed by atoms with van der Waals surface area (Å²) in [6.45, 7) is 5.33. The molecular formula is C31H34Cl2N6O6. The number of hydrogen-bond acceptors (Lipinski definition) is 7. The lowest BCUT2D eigenvalue weighted by Gasteiger charge is -2.42. The van der Waals surface area contributed by atoms with Gasteiger partial charge in [0.2, 0.25) is 0 Å². The number of H-pyrrole nitrogens is 1. The molecule has 12 nitrogen and oxygen atoms in total. The molecule has 1 aliphatic heterocycles. The standard InChI is InChI=1S/C31H34Cl2N6O6/c1-18(2)25(40)31(11-13-39(14-12-31)17-19-7-4-3-5-8-19)38-30(45)35-23(28(42)43)15-20-16-34-29(44)37-26(20)36-27(41)24-21(32)9-6-10-22(24)33/h3-10,16,18,23H,11-15,17H2,1-2H3,(H,42,43)(H2,35,38,45)(H2,34,36,37,41,44). The highest BCUT2D eigenvalue weighted by Gasteiger charge is 2.43. The lowest BCUT2D eigenvalue weighted by atomic mass is 9.79. The van der Waals surface area contributed by atoms with E-state index < -0.39 is 35.2 Å². The van der Waals surface area contributed by atoms with Crippen molar-refractivity contribution in [1.82, 2.24) is 25.5 Å². The first-order valence-electron chi connectivity index (χ1n) is 14.3. The van der Waals surface area contributed by atoms with Gasteiger partial charge in [0.1, 0.15) is 17.4 Å². The van der Waals surface area contributed by atoms with E-state index in [1.807, 2.05) is 30.3 Å². The Morgan fingerprint density at radius 1 is 1.02 bits per heavy atom. The van der Waals surface area contributed by atoms with Gasteiger partial charge in [-0.2, -0.15) is 4.98 Å². The number of hydrogen-bond donors (Lipinski definition) is 5. The molecule has 238 valence electrons. The van der Waals surface area contributed by atoms with Crippen molar-refractivity contribution in [3.8, 4) is 0 Å². The van der Waals surface area contributed by atoms with Gasteiger partial charge >= 0.3 is 17.7 Å². The number of benzene rings is 2. The van der Waals surface area contributed by atoms with Crippen LogP contribution in [0.2, 0.25) is 10.0 Å². The number of carbonyl (C=O) groups excluding carboxylic acids is 3. The number of amides is 3. The highest BCUT2D eigenvalue weighted by Crippen LogP contribution is 2.28. The van der Waals surface area contributed by atoms with E-state index in [-0.39, 0.29) is 45.1 Å². The lowest BCUT2D eigenvalue weighted by Crippen LogP contribution is -2.63. The Morgan fingerprint density at radius 3 is 2.27 bits per heavy atom. The van der Waals surface area contributed by atoms with Crippen LogP contribution in [0, 0.1) is 5.92 Å². The second kappa shape index (κ2) is 14.7. The Hall–Kier alpha value is -4.26. The summed E-state index contributed by atoms with van der Waals surface area (Å²) in [5.41, 5.74) is -0.791. The highest BCUT2D eigenvalue weighted by molar-refractivity contribution is 6.40. The van der Waals surface area contributed by atoms with Gasteiger partial charge in [-0.15, -0.1) is 0 Å². The van der Waals surface area contributed by atoms with Gasteiger partial charge < -0.3 is 26.0 Å². The number of carboxylic acids is 1. The van der Waals surface area contributed by atoms with Crippen molar-refractivity contribution < 1.29 is 24.3 Å². The number of carboxylic acid groups (broad SMARTS) is 1. The summed E-state index contributed by atoms with van der Waals surface area (Å²) in [4.78, 5) is 72.2. The molecule has 3 aromatic rings. The fraction of sp³-hybridized carbons (Fsp3) is 0.355. The number of aromatic nitrogens is 2. The fourth-order valence-corrected chi connectivity index (χ4v) is 5.89. The molecule has 1 unspecified atom stereocenters. The summed E-state index contributed by atoms with van der Waals surface area (Å²) < 4.78 is 0. The van der Waals surface area contributed by atoms with Gasteiger partial charge in [0.25, 0.3) is 5.91 Å². The number of Topliss-reactive ketones (excluding diaryl/α,β-unsaturated/α-hetero) is 1. The number of carbonyl (C=O) groups is 4. The predicted molar refractivity (Wildman–Crippen MR) is 170 cm³/mol. The number of anilines is 1. The number of ketones is 1. The van der Waals surface area contributed by atoms with Crippen LogP contribution in [0.5, 0.6) is 0 Å². The minimum Gasteiger partial charge on any atom is -0.480 e. The Labute approximate surface area is 269 Å². The van der Waals surface area contributed by atoms with Crippen molar-refractivity contribution in [2.45, 2.75) is 51.2 Å². The van der Waals surface area contributed by atoms with Crippen molar-refractivity contribution in [1.29, 1.82) is 0 Å². The van der Waals surface area contributed by atoms with Crippen molar-refractivity contribution in [3.63, 3.8) is 0 Å². The van der Waals surface area contributed by atoms with Gasteiger partial charge in [0.15, 0.2) is 5.78 Å². The maximum absolute atomic E-state index is 13.4. The molecule has 1 aliphatic rings. The average Bonchev–Trinajstić information content (AvgIpc) is 2.99. The van der Waals surface area contributed by atoms with Gasteiger partial charge in [-0.05, 0) is 30.5 Å². The quantitative estimate of drug-likeness (QED) is 0.207. The summed E-state index contributed by atoms with van der Waals surface area (Å²) >= 11 is 12.3. The fourth-order valence-electron chi connectivity index (χ4n) is 5.32. The van der Waals surface area contributed by atoms with E-state index in [0.29, 0.717) is 32.5 Å². The minimum absolute atomic E-state index is 0.0592. The molecule has 0 saturated carbocycles. The summed E-state index contributed by atoms with van der Waals surface area (Å²) in [7, 11) is 0. The maximum atomic E-state index is 13.4. The minimum atomic E-state index is -1.51. The Kier molecular flexibility index (Phi) is 11.0. The molecule has 14 heteroatoms. The lowest BCUT2D eigenvalue weighted by molar-refractivity contribution is -0.139.